The normalized spacial score (nSPS) is 20.4. The van der Waals surface area contributed by atoms with Gasteiger partial charge in [-0.3, -0.25) is 4.79 Å². The molecule has 1 aromatic rings. The second kappa shape index (κ2) is 5.92. The maximum absolute atomic E-state index is 11.9. The first-order valence-corrected chi connectivity index (χ1v) is 7.29. The molecule has 1 unspecified atom stereocenters. The summed E-state index contributed by atoms with van der Waals surface area (Å²) in [5.74, 6) is 0.0632. The fourth-order valence-corrected chi connectivity index (χ4v) is 3.25. The zero-order chi connectivity index (χ0) is 14.0. The summed E-state index contributed by atoms with van der Waals surface area (Å²) in [6, 6.07) is 5.76. The zero-order valence-corrected chi connectivity index (χ0v) is 12.8. The van der Waals surface area contributed by atoms with Crippen LogP contribution in [-0.4, -0.2) is 30.6 Å². The van der Waals surface area contributed by atoms with Crippen LogP contribution in [0.2, 0.25) is 0 Å². The number of aliphatic hydroxyl groups is 1. The van der Waals surface area contributed by atoms with Crippen molar-refractivity contribution in [2.45, 2.75) is 31.9 Å². The van der Waals surface area contributed by atoms with E-state index in [9.17, 15) is 9.90 Å². The fraction of sp³-hybridized carbons (Fsp3) is 0.500. The van der Waals surface area contributed by atoms with E-state index in [1.165, 1.54) is 0 Å². The Morgan fingerprint density at radius 2 is 2.32 bits per heavy atom. The lowest BCUT2D eigenvalue weighted by Gasteiger charge is -2.26. The molecule has 2 N–H and O–H groups in total. The van der Waals surface area contributed by atoms with E-state index < -0.39 is 6.10 Å². The van der Waals surface area contributed by atoms with Gasteiger partial charge in [-0.15, -0.1) is 0 Å². The van der Waals surface area contributed by atoms with Crippen LogP contribution in [0.5, 0.6) is 0 Å². The minimum atomic E-state index is -0.503. The highest BCUT2D eigenvalue weighted by atomic mass is 79.9. The molecule has 1 fully saturated rings. The fourth-order valence-electron chi connectivity index (χ4n) is 2.55. The van der Waals surface area contributed by atoms with Gasteiger partial charge in [0.05, 0.1) is 6.10 Å². The average Bonchev–Trinajstić information content (AvgIpc) is 2.86. The lowest BCUT2D eigenvalue weighted by atomic mass is 10.1. The number of nitrogens with zero attached hydrogens (tertiary/aromatic N) is 1. The third-order valence-corrected chi connectivity index (χ3v) is 4.25. The van der Waals surface area contributed by atoms with Gasteiger partial charge in [0.15, 0.2) is 0 Å². The van der Waals surface area contributed by atoms with E-state index in [-0.39, 0.29) is 11.9 Å². The first-order chi connectivity index (χ1) is 9.04. The Hall–Kier alpha value is -1.07. The number of carbonyl (C=O) groups excluding carboxylic acids is 1. The lowest BCUT2D eigenvalue weighted by Crippen LogP contribution is -2.42. The Kier molecular flexibility index (Phi) is 4.47. The van der Waals surface area contributed by atoms with Gasteiger partial charge in [0.25, 0.3) is 0 Å². The summed E-state index contributed by atoms with van der Waals surface area (Å²) in [7, 11) is 1.67. The Morgan fingerprint density at radius 1 is 1.58 bits per heavy atom. The minimum Gasteiger partial charge on any atom is -0.389 e. The van der Waals surface area contributed by atoms with E-state index in [0.29, 0.717) is 0 Å². The number of halogens is 1. The third kappa shape index (κ3) is 2.92. The van der Waals surface area contributed by atoms with Crippen LogP contribution in [0.25, 0.3) is 0 Å². The Labute approximate surface area is 121 Å². The summed E-state index contributed by atoms with van der Waals surface area (Å²) in [6.07, 6.45) is 1.40. The third-order valence-electron chi connectivity index (χ3n) is 3.57. The molecule has 2 atom stereocenters. The van der Waals surface area contributed by atoms with Crippen LogP contribution in [0, 0.1) is 0 Å². The molecule has 1 aliphatic heterocycles. The summed E-state index contributed by atoms with van der Waals surface area (Å²) in [5.41, 5.74) is 1.88. The quantitative estimate of drug-likeness (QED) is 0.895. The van der Waals surface area contributed by atoms with Crippen LogP contribution >= 0.6 is 15.9 Å². The van der Waals surface area contributed by atoms with Crippen molar-refractivity contribution >= 4 is 27.5 Å². The van der Waals surface area contributed by atoms with Crippen LogP contribution in [0.1, 0.15) is 31.4 Å². The largest absolute Gasteiger partial charge is 0.389 e. The number of hydrogen-bond donors (Lipinski definition) is 2. The molecule has 0 radical (unpaired) electrons. The molecule has 4 nitrogen and oxygen atoms in total. The molecule has 0 saturated carbocycles. The molecule has 1 aliphatic rings. The average molecular weight is 327 g/mol. The number of likely N-dealkylation sites (N-methyl/N-ethyl adjacent to an activating group) is 1. The summed E-state index contributed by atoms with van der Waals surface area (Å²) in [6.45, 7) is 2.63. The number of amides is 1. The van der Waals surface area contributed by atoms with Crippen molar-refractivity contribution in [2.24, 2.45) is 0 Å². The Bertz CT molecular complexity index is 477. The van der Waals surface area contributed by atoms with Gasteiger partial charge in [-0.05, 0) is 37.5 Å². The van der Waals surface area contributed by atoms with Crippen LogP contribution in [0.4, 0.5) is 5.69 Å². The Morgan fingerprint density at radius 3 is 2.89 bits per heavy atom. The molecule has 5 heteroatoms. The van der Waals surface area contributed by atoms with Crippen molar-refractivity contribution in [1.29, 1.82) is 0 Å². The van der Waals surface area contributed by atoms with Crippen LogP contribution in [0.15, 0.2) is 22.7 Å². The van der Waals surface area contributed by atoms with Gasteiger partial charge in [-0.25, -0.2) is 0 Å². The van der Waals surface area contributed by atoms with Crippen molar-refractivity contribution in [3.63, 3.8) is 0 Å². The highest BCUT2D eigenvalue weighted by molar-refractivity contribution is 9.10. The smallest absolute Gasteiger partial charge is 0.242 e. The van der Waals surface area contributed by atoms with E-state index in [1.807, 2.05) is 18.2 Å². The highest BCUT2D eigenvalue weighted by Gasteiger charge is 2.30. The maximum Gasteiger partial charge on any atom is 0.242 e. The van der Waals surface area contributed by atoms with E-state index in [4.69, 9.17) is 0 Å². The van der Waals surface area contributed by atoms with E-state index in [1.54, 1.807) is 14.0 Å². The number of hydrogen-bond acceptors (Lipinski definition) is 3. The molecule has 1 saturated heterocycles. The molecule has 0 spiro atoms. The van der Waals surface area contributed by atoms with Gasteiger partial charge < -0.3 is 15.3 Å². The molecular weight excluding hydrogens is 308 g/mol. The number of anilines is 1. The number of rotatable bonds is 3. The zero-order valence-electron chi connectivity index (χ0n) is 11.2. The SMILES string of the molecule is CNC(=O)C1CCCN1c1ccc([C@H](C)O)c(Br)c1. The summed E-state index contributed by atoms with van der Waals surface area (Å²) < 4.78 is 0.877. The molecule has 0 aliphatic carbocycles. The first kappa shape index (κ1) is 14.3. The molecule has 19 heavy (non-hydrogen) atoms. The van der Waals surface area contributed by atoms with Crippen molar-refractivity contribution < 1.29 is 9.90 Å². The standard InChI is InChI=1S/C14H19BrN2O2/c1-9(18)11-6-5-10(8-12(11)15)17-7-3-4-13(17)14(19)16-2/h5-6,8-9,13,18H,3-4,7H2,1-2H3,(H,16,19)/t9-,13?/m0/s1. The van der Waals surface area contributed by atoms with Crippen molar-refractivity contribution in [2.75, 3.05) is 18.5 Å². The first-order valence-electron chi connectivity index (χ1n) is 6.50. The Balaban J connectivity index is 2.26. The predicted octanol–water partition coefficient (Wildman–Crippen LogP) is 2.22. The van der Waals surface area contributed by atoms with Crippen LogP contribution < -0.4 is 10.2 Å². The molecule has 2 rings (SSSR count). The monoisotopic (exact) mass is 326 g/mol. The van der Waals surface area contributed by atoms with Gasteiger partial charge in [-0.2, -0.15) is 0 Å². The molecular formula is C14H19BrN2O2. The number of benzene rings is 1. The number of aliphatic hydroxyl groups excluding tert-OH is 1. The molecule has 1 aromatic carbocycles. The van der Waals surface area contributed by atoms with E-state index in [0.717, 1.165) is 35.1 Å². The highest BCUT2D eigenvalue weighted by Crippen LogP contribution is 2.31. The van der Waals surface area contributed by atoms with Gasteiger partial charge in [-0.1, -0.05) is 22.0 Å². The summed E-state index contributed by atoms with van der Waals surface area (Å²) in [4.78, 5) is 14.0. The number of nitrogens with one attached hydrogen (secondary N) is 1. The predicted molar refractivity (Wildman–Crippen MR) is 79.2 cm³/mol. The second-order valence-electron chi connectivity index (χ2n) is 4.85. The molecule has 0 bridgehead atoms. The summed E-state index contributed by atoms with van der Waals surface area (Å²) >= 11 is 3.48. The van der Waals surface area contributed by atoms with Crippen molar-refractivity contribution in [3.05, 3.63) is 28.2 Å². The van der Waals surface area contributed by atoms with Gasteiger partial charge in [0.2, 0.25) is 5.91 Å². The van der Waals surface area contributed by atoms with Gasteiger partial charge in [0.1, 0.15) is 6.04 Å². The minimum absolute atomic E-state index is 0.0632. The molecule has 0 aromatic heterocycles. The van der Waals surface area contributed by atoms with E-state index in [2.05, 4.69) is 26.1 Å². The molecule has 104 valence electrons. The molecule has 1 heterocycles. The second-order valence-corrected chi connectivity index (χ2v) is 5.70. The maximum atomic E-state index is 11.9. The van der Waals surface area contributed by atoms with Gasteiger partial charge >= 0.3 is 0 Å². The topological polar surface area (TPSA) is 52.6 Å². The number of carbonyl (C=O) groups is 1. The van der Waals surface area contributed by atoms with Gasteiger partial charge in [0, 0.05) is 23.8 Å². The van der Waals surface area contributed by atoms with Crippen LogP contribution in [0.3, 0.4) is 0 Å². The van der Waals surface area contributed by atoms with Crippen LogP contribution in [-0.2, 0) is 4.79 Å². The van der Waals surface area contributed by atoms with Crippen molar-refractivity contribution in [3.8, 4) is 0 Å². The van der Waals surface area contributed by atoms with Crippen molar-refractivity contribution in [1.82, 2.24) is 5.32 Å². The summed E-state index contributed by atoms with van der Waals surface area (Å²) in [5, 5.41) is 12.3. The van der Waals surface area contributed by atoms with E-state index >= 15 is 0 Å². The lowest BCUT2D eigenvalue weighted by molar-refractivity contribution is -0.121. The molecule has 1 amide bonds.